The van der Waals surface area contributed by atoms with E-state index in [1.165, 1.54) is 0 Å². The average molecular weight is 249 g/mol. The number of aliphatic hydroxyl groups is 1. The molecule has 0 unspecified atom stereocenters. The van der Waals surface area contributed by atoms with E-state index < -0.39 is 15.9 Å². The first-order chi connectivity index (χ1) is 7.52. The summed E-state index contributed by atoms with van der Waals surface area (Å²) in [5.41, 5.74) is 0. The molecule has 0 saturated carbocycles. The van der Waals surface area contributed by atoms with Crippen molar-refractivity contribution in [3.63, 3.8) is 0 Å². The Morgan fingerprint density at radius 2 is 1.88 bits per heavy atom. The molecule has 16 heavy (non-hydrogen) atoms. The third-order valence-electron chi connectivity index (χ3n) is 3.57. The van der Waals surface area contributed by atoms with Crippen LogP contribution in [-0.2, 0) is 14.6 Å². The Morgan fingerprint density at radius 3 is 2.31 bits per heavy atom. The predicted octanol–water partition coefficient (Wildman–Crippen LogP) is -0.745. The lowest BCUT2D eigenvalue weighted by Crippen LogP contribution is -2.48. The van der Waals surface area contributed by atoms with Gasteiger partial charge in [0.25, 0.3) is 0 Å². The summed E-state index contributed by atoms with van der Waals surface area (Å²) in [6.45, 7) is 1.63. The summed E-state index contributed by atoms with van der Waals surface area (Å²) in [7, 11) is -1.33. The first kappa shape index (κ1) is 12.3. The second-order valence-corrected chi connectivity index (χ2v) is 6.84. The molecular formula is C10H19NO4S. The maximum absolute atomic E-state index is 11.4. The van der Waals surface area contributed by atoms with Crippen molar-refractivity contribution in [2.24, 2.45) is 0 Å². The van der Waals surface area contributed by atoms with E-state index in [1.807, 2.05) is 0 Å². The van der Waals surface area contributed by atoms with Crippen molar-refractivity contribution >= 4 is 9.84 Å². The molecule has 0 aromatic carbocycles. The van der Waals surface area contributed by atoms with E-state index >= 15 is 0 Å². The molecule has 0 bridgehead atoms. The molecule has 0 radical (unpaired) electrons. The SMILES string of the molecule is COC1CCN([C@@H]2CS(=O)(=O)C[C@H]2O)CC1. The van der Waals surface area contributed by atoms with Crippen molar-refractivity contribution in [2.45, 2.75) is 31.1 Å². The summed E-state index contributed by atoms with van der Waals surface area (Å²) in [6.07, 6.45) is 1.40. The van der Waals surface area contributed by atoms with Gasteiger partial charge in [0.05, 0.1) is 29.8 Å². The van der Waals surface area contributed by atoms with E-state index in [0.29, 0.717) is 0 Å². The van der Waals surface area contributed by atoms with Gasteiger partial charge in [0, 0.05) is 20.2 Å². The molecule has 2 rings (SSSR count). The zero-order valence-electron chi connectivity index (χ0n) is 9.50. The summed E-state index contributed by atoms with van der Waals surface area (Å²) < 4.78 is 28.1. The van der Waals surface area contributed by atoms with Crippen molar-refractivity contribution in [3.8, 4) is 0 Å². The molecule has 0 amide bonds. The summed E-state index contributed by atoms with van der Waals surface area (Å²) >= 11 is 0. The Labute approximate surface area is 96.3 Å². The van der Waals surface area contributed by atoms with Gasteiger partial charge < -0.3 is 9.84 Å². The van der Waals surface area contributed by atoms with Crippen LogP contribution in [0.2, 0.25) is 0 Å². The van der Waals surface area contributed by atoms with Crippen molar-refractivity contribution in [2.75, 3.05) is 31.7 Å². The summed E-state index contributed by atoms with van der Waals surface area (Å²) in [6, 6.07) is -0.206. The van der Waals surface area contributed by atoms with Gasteiger partial charge in [0.2, 0.25) is 0 Å². The Balaban J connectivity index is 1.95. The normalized spacial score (nSPS) is 36.6. The van der Waals surface area contributed by atoms with Gasteiger partial charge in [0.1, 0.15) is 0 Å². The van der Waals surface area contributed by atoms with Crippen molar-refractivity contribution < 1.29 is 18.3 Å². The minimum atomic E-state index is -3.04. The smallest absolute Gasteiger partial charge is 0.154 e. The fourth-order valence-corrected chi connectivity index (χ4v) is 4.43. The van der Waals surface area contributed by atoms with E-state index in [1.54, 1.807) is 7.11 Å². The van der Waals surface area contributed by atoms with Crippen LogP contribution in [-0.4, -0.2) is 68.4 Å². The molecular weight excluding hydrogens is 230 g/mol. The van der Waals surface area contributed by atoms with E-state index in [0.717, 1.165) is 25.9 Å². The molecule has 2 aliphatic rings. The van der Waals surface area contributed by atoms with Crippen LogP contribution in [0.15, 0.2) is 0 Å². The van der Waals surface area contributed by atoms with Gasteiger partial charge in [-0.1, -0.05) is 0 Å². The topological polar surface area (TPSA) is 66.8 Å². The molecule has 2 saturated heterocycles. The molecule has 5 nitrogen and oxygen atoms in total. The molecule has 6 heteroatoms. The number of sulfone groups is 1. The highest BCUT2D eigenvalue weighted by Gasteiger charge is 2.40. The molecule has 2 aliphatic heterocycles. The van der Waals surface area contributed by atoms with Gasteiger partial charge in [-0.2, -0.15) is 0 Å². The number of methoxy groups -OCH3 is 1. The number of hydrogen-bond donors (Lipinski definition) is 1. The summed E-state index contributed by atoms with van der Waals surface area (Å²) in [5, 5.41) is 9.75. The average Bonchev–Trinajstić information content (AvgIpc) is 2.52. The Kier molecular flexibility index (Phi) is 3.53. The van der Waals surface area contributed by atoms with Crippen molar-refractivity contribution in [3.05, 3.63) is 0 Å². The highest BCUT2D eigenvalue weighted by Crippen LogP contribution is 2.23. The molecule has 2 fully saturated rings. The Bertz CT molecular complexity index is 335. The lowest BCUT2D eigenvalue weighted by Gasteiger charge is -2.36. The molecule has 1 N–H and O–H groups in total. The molecule has 0 aromatic rings. The summed E-state index contributed by atoms with van der Waals surface area (Å²) in [5.74, 6) is 0.0215. The minimum Gasteiger partial charge on any atom is -0.390 e. The van der Waals surface area contributed by atoms with E-state index in [2.05, 4.69) is 4.90 Å². The van der Waals surface area contributed by atoms with Gasteiger partial charge in [0.15, 0.2) is 9.84 Å². The number of rotatable bonds is 2. The van der Waals surface area contributed by atoms with Gasteiger partial charge >= 0.3 is 0 Å². The highest BCUT2D eigenvalue weighted by molar-refractivity contribution is 7.91. The molecule has 2 atom stereocenters. The minimum absolute atomic E-state index is 0.0815. The van der Waals surface area contributed by atoms with Crippen LogP contribution in [0, 0.1) is 0 Å². The standard InChI is InChI=1S/C10H19NO4S/c1-15-8-2-4-11(5-3-8)9-6-16(13,14)7-10(9)12/h8-10,12H,2-7H2,1H3/t9-,10-/m1/s1. The predicted molar refractivity (Wildman–Crippen MR) is 60.1 cm³/mol. The second-order valence-electron chi connectivity index (χ2n) is 4.68. The maximum Gasteiger partial charge on any atom is 0.154 e. The zero-order valence-corrected chi connectivity index (χ0v) is 10.3. The second kappa shape index (κ2) is 4.60. The molecule has 0 aliphatic carbocycles. The van der Waals surface area contributed by atoms with Crippen LogP contribution in [0.3, 0.4) is 0 Å². The number of ether oxygens (including phenoxy) is 1. The van der Waals surface area contributed by atoms with Gasteiger partial charge in [-0.3, -0.25) is 4.90 Å². The van der Waals surface area contributed by atoms with Crippen LogP contribution in [0.4, 0.5) is 0 Å². The highest BCUT2D eigenvalue weighted by atomic mass is 32.2. The van der Waals surface area contributed by atoms with E-state index in [-0.39, 0.29) is 23.7 Å². The molecule has 0 aromatic heterocycles. The Morgan fingerprint density at radius 1 is 1.25 bits per heavy atom. The molecule has 94 valence electrons. The lowest BCUT2D eigenvalue weighted by molar-refractivity contribution is 0.00798. The van der Waals surface area contributed by atoms with Crippen LogP contribution in [0.5, 0.6) is 0 Å². The quantitative estimate of drug-likeness (QED) is 0.698. The summed E-state index contributed by atoms with van der Waals surface area (Å²) in [4.78, 5) is 2.09. The van der Waals surface area contributed by atoms with Crippen molar-refractivity contribution in [1.29, 1.82) is 0 Å². The largest absolute Gasteiger partial charge is 0.390 e. The number of nitrogens with zero attached hydrogens (tertiary/aromatic N) is 1. The number of aliphatic hydroxyl groups excluding tert-OH is 1. The monoisotopic (exact) mass is 249 g/mol. The first-order valence-corrected chi connectivity index (χ1v) is 7.49. The van der Waals surface area contributed by atoms with Crippen LogP contribution < -0.4 is 0 Å². The third-order valence-corrected chi connectivity index (χ3v) is 5.27. The van der Waals surface area contributed by atoms with Crippen LogP contribution in [0.1, 0.15) is 12.8 Å². The van der Waals surface area contributed by atoms with Crippen molar-refractivity contribution in [1.82, 2.24) is 4.90 Å². The fraction of sp³-hybridized carbons (Fsp3) is 1.00. The number of piperidine rings is 1. The third kappa shape index (κ3) is 2.56. The van der Waals surface area contributed by atoms with Gasteiger partial charge in [-0.05, 0) is 12.8 Å². The molecule has 0 spiro atoms. The van der Waals surface area contributed by atoms with Crippen LogP contribution >= 0.6 is 0 Å². The maximum atomic E-state index is 11.4. The zero-order chi connectivity index (χ0) is 11.8. The van der Waals surface area contributed by atoms with E-state index in [9.17, 15) is 13.5 Å². The van der Waals surface area contributed by atoms with Crippen LogP contribution in [0.25, 0.3) is 0 Å². The number of hydrogen-bond acceptors (Lipinski definition) is 5. The number of likely N-dealkylation sites (tertiary alicyclic amines) is 1. The molecule has 2 heterocycles. The van der Waals surface area contributed by atoms with Gasteiger partial charge in [-0.15, -0.1) is 0 Å². The van der Waals surface area contributed by atoms with E-state index in [4.69, 9.17) is 4.74 Å². The first-order valence-electron chi connectivity index (χ1n) is 5.67. The Hall–Kier alpha value is -0.170. The lowest BCUT2D eigenvalue weighted by atomic mass is 10.0. The fourth-order valence-electron chi connectivity index (χ4n) is 2.60. The van der Waals surface area contributed by atoms with Gasteiger partial charge in [-0.25, -0.2) is 8.42 Å².